The zero-order chi connectivity index (χ0) is 24.6. The smallest absolute Gasteiger partial charge is 0.187 e. The minimum atomic E-state index is -1.89. The van der Waals surface area contributed by atoms with Crippen molar-refractivity contribution in [3.63, 3.8) is 0 Å². The van der Waals surface area contributed by atoms with Crippen LogP contribution in [0.4, 0.5) is 0 Å². The molecule has 0 bridgehead atoms. The van der Waals surface area contributed by atoms with E-state index in [-0.39, 0.29) is 0 Å². The summed E-state index contributed by atoms with van der Waals surface area (Å²) >= 11 is 0. The fraction of sp³-hybridized carbons (Fsp3) is 1.00. The molecule has 0 aromatic carbocycles. The maximum atomic E-state index is 10.5. The lowest BCUT2D eigenvalue weighted by atomic mass is 9.96. The van der Waals surface area contributed by atoms with Gasteiger partial charge in [-0.25, -0.2) is 0 Å². The molecule has 15 heteroatoms. The van der Waals surface area contributed by atoms with Crippen LogP contribution in [0.5, 0.6) is 0 Å². The summed E-state index contributed by atoms with van der Waals surface area (Å²) < 4.78 is 26.9. The van der Waals surface area contributed by atoms with Gasteiger partial charge < -0.3 is 74.7 Å². The maximum absolute atomic E-state index is 10.5. The number of hydrogen-bond donors (Lipinski definition) is 10. The van der Waals surface area contributed by atoms with Crippen LogP contribution in [0.25, 0.3) is 0 Å². The van der Waals surface area contributed by atoms with Crippen molar-refractivity contribution in [1.82, 2.24) is 0 Å². The number of aliphatic hydroxyl groups excluding tert-OH is 10. The van der Waals surface area contributed by atoms with Gasteiger partial charge >= 0.3 is 0 Å². The molecule has 15 atom stereocenters. The largest absolute Gasteiger partial charge is 0.394 e. The van der Waals surface area contributed by atoms with Crippen LogP contribution in [-0.2, 0) is 23.7 Å². The molecule has 3 aliphatic heterocycles. The molecule has 0 aliphatic carbocycles. The summed E-state index contributed by atoms with van der Waals surface area (Å²) in [6, 6.07) is 0. The molecule has 0 saturated carbocycles. The van der Waals surface area contributed by atoms with Crippen LogP contribution in [0.3, 0.4) is 0 Å². The number of rotatable bonds is 6. The molecule has 10 N–H and O–H groups in total. The fourth-order valence-electron chi connectivity index (χ4n) is 3.99. The van der Waals surface area contributed by atoms with Crippen molar-refractivity contribution in [2.75, 3.05) is 13.2 Å². The second-order valence-electron chi connectivity index (χ2n) is 8.32. The van der Waals surface area contributed by atoms with Gasteiger partial charge in [-0.05, 0) is 6.92 Å². The van der Waals surface area contributed by atoms with E-state index in [1.54, 1.807) is 0 Å². The normalized spacial score (nSPS) is 53.7. The highest BCUT2D eigenvalue weighted by Gasteiger charge is 2.53. The average Bonchev–Trinajstić information content (AvgIpc) is 2.80. The Hall–Kier alpha value is -0.600. The van der Waals surface area contributed by atoms with Gasteiger partial charge in [-0.1, -0.05) is 0 Å². The molecule has 33 heavy (non-hydrogen) atoms. The van der Waals surface area contributed by atoms with Gasteiger partial charge in [0.25, 0.3) is 0 Å². The second kappa shape index (κ2) is 11.0. The highest BCUT2D eigenvalue weighted by molar-refractivity contribution is 4.96. The third-order valence-corrected chi connectivity index (χ3v) is 6.05. The molecule has 0 aromatic rings. The molecule has 3 aliphatic rings. The second-order valence-corrected chi connectivity index (χ2v) is 8.32. The standard InChI is InChI=1S/C18H32O15/c1-4-7(21)9(23)11(25)17(29-4)32-14-6(3-20)30-16(28)13(27)15(14)33-18-12(26)10(24)8(22)5(2-19)31-18/h4-28H,2-3H2,1H3/t4-,5+,6+,7-,8+,9+,10-,11+,12+,13+,14+,15+,16?,17-,18-/m0/s1. The van der Waals surface area contributed by atoms with E-state index in [1.807, 2.05) is 0 Å². The van der Waals surface area contributed by atoms with Gasteiger partial charge in [-0.15, -0.1) is 0 Å². The summed E-state index contributed by atoms with van der Waals surface area (Å²) in [5, 5.41) is 99.8. The quantitative estimate of drug-likeness (QED) is 0.167. The molecule has 1 unspecified atom stereocenters. The highest BCUT2D eigenvalue weighted by atomic mass is 16.8. The molecule has 0 radical (unpaired) electrons. The average molecular weight is 488 g/mol. The monoisotopic (exact) mass is 488 g/mol. The maximum Gasteiger partial charge on any atom is 0.187 e. The SMILES string of the molecule is C[C@@H]1O[C@@H](O[C@H]2[C@H](O[C@@H]3O[C@H](CO)[C@@H](O)[C@H](O)[C@H]3O)[C@@H](O)C(O)O[C@@H]2CO)[C@H](O)[C@H](O)[C@H]1O. The molecule has 194 valence electrons. The number of ether oxygens (including phenoxy) is 5. The summed E-state index contributed by atoms with van der Waals surface area (Å²) in [4.78, 5) is 0. The Morgan fingerprint density at radius 2 is 1.06 bits per heavy atom. The van der Waals surface area contributed by atoms with Crippen LogP contribution >= 0.6 is 0 Å². The minimum Gasteiger partial charge on any atom is -0.394 e. The molecular weight excluding hydrogens is 456 g/mol. The van der Waals surface area contributed by atoms with Crippen molar-refractivity contribution >= 4 is 0 Å². The molecule has 3 fully saturated rings. The van der Waals surface area contributed by atoms with Crippen LogP contribution in [0.15, 0.2) is 0 Å². The van der Waals surface area contributed by atoms with Crippen molar-refractivity contribution in [2.24, 2.45) is 0 Å². The van der Waals surface area contributed by atoms with E-state index in [2.05, 4.69) is 0 Å². The summed E-state index contributed by atoms with van der Waals surface area (Å²) in [6.07, 6.45) is -24.1. The summed E-state index contributed by atoms with van der Waals surface area (Å²) in [5.74, 6) is 0. The van der Waals surface area contributed by atoms with Crippen LogP contribution < -0.4 is 0 Å². The highest BCUT2D eigenvalue weighted by Crippen LogP contribution is 2.32. The van der Waals surface area contributed by atoms with Crippen LogP contribution in [0.1, 0.15) is 6.92 Å². The number of hydrogen-bond acceptors (Lipinski definition) is 15. The molecule has 3 rings (SSSR count). The molecule has 15 nitrogen and oxygen atoms in total. The van der Waals surface area contributed by atoms with Gasteiger partial charge in [0.05, 0.1) is 19.3 Å². The fourth-order valence-corrected chi connectivity index (χ4v) is 3.99. The van der Waals surface area contributed by atoms with Crippen LogP contribution in [0, 0.1) is 0 Å². The zero-order valence-electron chi connectivity index (χ0n) is 17.6. The summed E-state index contributed by atoms with van der Waals surface area (Å²) in [5.41, 5.74) is 0. The van der Waals surface area contributed by atoms with Crippen LogP contribution in [0.2, 0.25) is 0 Å². The van der Waals surface area contributed by atoms with E-state index in [0.717, 1.165) is 0 Å². The van der Waals surface area contributed by atoms with Crippen molar-refractivity contribution in [2.45, 2.75) is 99.0 Å². The molecule has 3 saturated heterocycles. The molecule has 0 spiro atoms. The first kappa shape index (κ1) is 27.0. The van der Waals surface area contributed by atoms with E-state index < -0.39 is 105 Å². The summed E-state index contributed by atoms with van der Waals surface area (Å²) in [7, 11) is 0. The van der Waals surface area contributed by atoms with Gasteiger partial charge in [-0.2, -0.15) is 0 Å². The van der Waals surface area contributed by atoms with E-state index in [4.69, 9.17) is 23.7 Å². The van der Waals surface area contributed by atoms with Crippen LogP contribution in [-0.4, -0.2) is 156 Å². The van der Waals surface area contributed by atoms with Crippen molar-refractivity contribution in [3.8, 4) is 0 Å². The Balaban J connectivity index is 1.83. The first-order valence-corrected chi connectivity index (χ1v) is 10.4. The van der Waals surface area contributed by atoms with E-state index >= 15 is 0 Å². The molecule has 3 heterocycles. The Kier molecular flexibility index (Phi) is 8.99. The predicted molar refractivity (Wildman–Crippen MR) is 99.8 cm³/mol. The van der Waals surface area contributed by atoms with Gasteiger partial charge in [0, 0.05) is 0 Å². The van der Waals surface area contributed by atoms with Crippen molar-refractivity contribution in [3.05, 3.63) is 0 Å². The van der Waals surface area contributed by atoms with E-state index in [9.17, 15) is 51.1 Å². The third-order valence-electron chi connectivity index (χ3n) is 6.05. The van der Waals surface area contributed by atoms with E-state index in [0.29, 0.717) is 0 Å². The van der Waals surface area contributed by atoms with E-state index in [1.165, 1.54) is 6.92 Å². The molecular formula is C18H32O15. The Bertz CT molecular complexity index is 624. The van der Waals surface area contributed by atoms with Gasteiger partial charge in [0.15, 0.2) is 18.9 Å². The molecule has 0 aromatic heterocycles. The first-order valence-electron chi connectivity index (χ1n) is 10.4. The summed E-state index contributed by atoms with van der Waals surface area (Å²) in [6.45, 7) is -0.118. The zero-order valence-corrected chi connectivity index (χ0v) is 17.6. The lowest BCUT2D eigenvalue weighted by molar-refractivity contribution is -0.382. The number of aliphatic hydroxyl groups is 10. The first-order chi connectivity index (χ1) is 15.5. The third kappa shape index (κ3) is 5.32. The van der Waals surface area contributed by atoms with Gasteiger partial charge in [0.1, 0.15) is 67.1 Å². The van der Waals surface area contributed by atoms with Crippen molar-refractivity contribution < 1.29 is 74.7 Å². The topological polar surface area (TPSA) is 248 Å². The lowest BCUT2D eigenvalue weighted by Gasteiger charge is -2.48. The predicted octanol–water partition coefficient (Wildman–Crippen LogP) is -6.55. The molecule has 0 amide bonds. The lowest BCUT2D eigenvalue weighted by Crippen LogP contribution is -2.66. The van der Waals surface area contributed by atoms with Gasteiger partial charge in [0.2, 0.25) is 0 Å². The Morgan fingerprint density at radius 3 is 1.64 bits per heavy atom. The Labute approximate surface area is 187 Å². The Morgan fingerprint density at radius 1 is 0.545 bits per heavy atom. The van der Waals surface area contributed by atoms with Crippen molar-refractivity contribution in [1.29, 1.82) is 0 Å². The minimum absolute atomic E-state index is 0.747. The van der Waals surface area contributed by atoms with Gasteiger partial charge in [-0.3, -0.25) is 0 Å².